The van der Waals surface area contributed by atoms with E-state index in [1.165, 1.54) is 87.0 Å². The zero-order chi connectivity index (χ0) is 22.7. The molecule has 0 aliphatic heterocycles. The summed E-state index contributed by atoms with van der Waals surface area (Å²) >= 11 is 0. The van der Waals surface area contributed by atoms with Gasteiger partial charge in [-0.25, -0.2) is 0 Å². The first kappa shape index (κ1) is 17.7. The molecule has 3 heteroatoms. The average molecular weight is 446 g/mol. The molecule has 0 radical (unpaired) electrons. The van der Waals surface area contributed by atoms with Crippen LogP contribution in [0.15, 0.2) is 97.1 Å². The third kappa shape index (κ3) is 2.04. The lowest BCUT2D eigenvalue weighted by Crippen LogP contribution is -1.80. The fraction of sp³-hybridized carbons (Fsp3) is 0. The molecule has 9 aromatic rings. The van der Waals surface area contributed by atoms with E-state index in [4.69, 9.17) is 0 Å². The molecule has 0 amide bonds. The normalized spacial score (nSPS) is 12.6. The number of hydrogen-bond donors (Lipinski definition) is 3. The Labute approximate surface area is 199 Å². The lowest BCUT2D eigenvalue weighted by Gasteiger charge is -2.06. The molecule has 162 valence electrons. The summed E-state index contributed by atoms with van der Waals surface area (Å²) in [5.74, 6) is 0. The highest BCUT2D eigenvalue weighted by atomic mass is 14.8. The highest BCUT2D eigenvalue weighted by Crippen LogP contribution is 2.47. The van der Waals surface area contributed by atoms with Crippen molar-refractivity contribution in [1.82, 2.24) is 15.0 Å². The summed E-state index contributed by atoms with van der Waals surface area (Å²) in [6.45, 7) is 0. The smallest absolute Gasteiger partial charge is 0.0552 e. The summed E-state index contributed by atoms with van der Waals surface area (Å²) < 4.78 is 0. The Morgan fingerprint density at radius 1 is 0.286 bits per heavy atom. The molecule has 3 N–H and O–H groups in total. The van der Waals surface area contributed by atoms with Crippen LogP contribution in [0.3, 0.4) is 0 Å². The van der Waals surface area contributed by atoms with E-state index in [1.54, 1.807) is 0 Å². The van der Waals surface area contributed by atoms with E-state index >= 15 is 0 Å². The topological polar surface area (TPSA) is 47.4 Å². The van der Waals surface area contributed by atoms with Gasteiger partial charge in [-0.05, 0) is 12.1 Å². The second-order valence-corrected chi connectivity index (χ2v) is 9.56. The molecular weight excluding hydrogens is 426 g/mol. The molecule has 0 saturated heterocycles. The summed E-state index contributed by atoms with van der Waals surface area (Å²) in [6, 6.07) is 34.9. The van der Waals surface area contributed by atoms with Gasteiger partial charge in [0.15, 0.2) is 0 Å². The summed E-state index contributed by atoms with van der Waals surface area (Å²) in [5.41, 5.74) is 7.16. The molecule has 0 bridgehead atoms. The number of aromatic amines is 3. The molecule has 35 heavy (non-hydrogen) atoms. The number of rotatable bonds is 0. The zero-order valence-electron chi connectivity index (χ0n) is 18.7. The first-order chi connectivity index (χ1) is 17.4. The number of hydrogen-bond acceptors (Lipinski definition) is 0. The number of fused-ring (bicyclic) bond motifs is 17. The Bertz CT molecular complexity index is 2160. The molecule has 0 fully saturated rings. The molecule has 0 aliphatic carbocycles. The van der Waals surface area contributed by atoms with E-state index in [0.717, 1.165) is 0 Å². The van der Waals surface area contributed by atoms with Gasteiger partial charge in [-0.15, -0.1) is 0 Å². The standard InChI is InChI=1S/C32H19N3/c1-3-11-19-17(9-1)29-25(21-13-5-7-15-23(21)33-29)27-28-26-22-14-6-8-16-24(22)34-30(26)18-10-2-4-12-20(18)32(28)35-31(19)27/h1-16,33-35H. The summed E-state index contributed by atoms with van der Waals surface area (Å²) in [6.07, 6.45) is 0. The van der Waals surface area contributed by atoms with Gasteiger partial charge in [0, 0.05) is 64.9 Å². The van der Waals surface area contributed by atoms with Crippen molar-refractivity contribution in [2.75, 3.05) is 0 Å². The van der Waals surface area contributed by atoms with E-state index in [1.807, 2.05) is 0 Å². The van der Waals surface area contributed by atoms with Crippen LogP contribution >= 0.6 is 0 Å². The molecule has 0 unspecified atom stereocenters. The molecule has 3 heterocycles. The van der Waals surface area contributed by atoms with Crippen molar-refractivity contribution in [3.8, 4) is 0 Å². The maximum Gasteiger partial charge on any atom is 0.0552 e. The molecule has 3 aromatic heterocycles. The Hall–Kier alpha value is -4.76. The van der Waals surface area contributed by atoms with Crippen LogP contribution in [-0.4, -0.2) is 15.0 Å². The minimum absolute atomic E-state index is 1.17. The van der Waals surface area contributed by atoms with Gasteiger partial charge in [-0.3, -0.25) is 0 Å². The molecule has 9 rings (SSSR count). The molecular formula is C32H19N3. The van der Waals surface area contributed by atoms with Crippen molar-refractivity contribution < 1.29 is 0 Å². The lowest BCUT2D eigenvalue weighted by atomic mass is 9.95. The van der Waals surface area contributed by atoms with Crippen LogP contribution in [0.1, 0.15) is 0 Å². The van der Waals surface area contributed by atoms with Crippen LogP contribution in [0.4, 0.5) is 0 Å². The minimum Gasteiger partial charge on any atom is -0.354 e. The third-order valence-corrected chi connectivity index (χ3v) is 7.84. The van der Waals surface area contributed by atoms with E-state index in [9.17, 15) is 0 Å². The maximum absolute atomic E-state index is 3.93. The van der Waals surface area contributed by atoms with E-state index in [-0.39, 0.29) is 0 Å². The Morgan fingerprint density at radius 2 is 0.600 bits per heavy atom. The van der Waals surface area contributed by atoms with Crippen molar-refractivity contribution in [2.45, 2.75) is 0 Å². The third-order valence-electron chi connectivity index (χ3n) is 7.84. The molecule has 0 spiro atoms. The second kappa shape index (κ2) is 6.02. The average Bonchev–Trinajstić information content (AvgIpc) is 3.60. The highest BCUT2D eigenvalue weighted by Gasteiger charge is 2.22. The van der Waals surface area contributed by atoms with Gasteiger partial charge >= 0.3 is 0 Å². The molecule has 3 nitrogen and oxygen atoms in total. The van der Waals surface area contributed by atoms with Crippen LogP contribution < -0.4 is 0 Å². The minimum atomic E-state index is 1.17. The number of benzene rings is 6. The predicted octanol–water partition coefficient (Wildman–Crippen LogP) is 8.90. The van der Waals surface area contributed by atoms with Crippen molar-refractivity contribution >= 4 is 87.0 Å². The van der Waals surface area contributed by atoms with Gasteiger partial charge < -0.3 is 15.0 Å². The lowest BCUT2D eigenvalue weighted by molar-refractivity contribution is 1.55. The summed E-state index contributed by atoms with van der Waals surface area (Å²) in [7, 11) is 0. The van der Waals surface area contributed by atoms with Crippen molar-refractivity contribution in [1.29, 1.82) is 0 Å². The van der Waals surface area contributed by atoms with Crippen molar-refractivity contribution in [2.24, 2.45) is 0 Å². The summed E-state index contributed by atoms with van der Waals surface area (Å²) in [4.78, 5) is 11.5. The SMILES string of the molecule is c1ccc2c(c1)[nH]c1c3ccccc3c3[nH]c4c5ccccc5c5[nH]c6ccccc6c5c4c3c21. The van der Waals surface area contributed by atoms with E-state index in [2.05, 4.69) is 112 Å². The fourth-order valence-electron chi connectivity index (χ4n) is 6.45. The number of aromatic nitrogens is 3. The van der Waals surface area contributed by atoms with Crippen LogP contribution in [0, 0.1) is 0 Å². The van der Waals surface area contributed by atoms with Gasteiger partial charge in [0.1, 0.15) is 0 Å². The summed E-state index contributed by atoms with van der Waals surface area (Å²) in [5, 5.41) is 12.7. The largest absolute Gasteiger partial charge is 0.354 e. The van der Waals surface area contributed by atoms with Crippen LogP contribution in [0.5, 0.6) is 0 Å². The fourth-order valence-corrected chi connectivity index (χ4v) is 6.45. The monoisotopic (exact) mass is 445 g/mol. The maximum atomic E-state index is 3.93. The number of nitrogens with one attached hydrogen (secondary N) is 3. The number of H-pyrrole nitrogens is 3. The molecule has 0 saturated carbocycles. The van der Waals surface area contributed by atoms with Gasteiger partial charge in [-0.1, -0.05) is 84.9 Å². The molecule has 0 atom stereocenters. The van der Waals surface area contributed by atoms with Crippen molar-refractivity contribution in [3.05, 3.63) is 97.1 Å². The van der Waals surface area contributed by atoms with Gasteiger partial charge in [-0.2, -0.15) is 0 Å². The quantitative estimate of drug-likeness (QED) is 0.209. The first-order valence-electron chi connectivity index (χ1n) is 12.1. The van der Waals surface area contributed by atoms with E-state index in [0.29, 0.717) is 0 Å². The Morgan fingerprint density at radius 3 is 1.00 bits per heavy atom. The zero-order valence-corrected chi connectivity index (χ0v) is 18.7. The van der Waals surface area contributed by atoms with Crippen LogP contribution in [-0.2, 0) is 0 Å². The molecule has 6 aromatic carbocycles. The van der Waals surface area contributed by atoms with Gasteiger partial charge in [0.25, 0.3) is 0 Å². The van der Waals surface area contributed by atoms with Crippen LogP contribution in [0.2, 0.25) is 0 Å². The number of para-hydroxylation sites is 2. The molecule has 0 aliphatic rings. The predicted molar refractivity (Wildman–Crippen MR) is 150 cm³/mol. The Balaban J connectivity index is 1.74. The van der Waals surface area contributed by atoms with Gasteiger partial charge in [0.05, 0.1) is 22.1 Å². The highest BCUT2D eigenvalue weighted by molar-refractivity contribution is 6.44. The van der Waals surface area contributed by atoms with Gasteiger partial charge in [0.2, 0.25) is 0 Å². The van der Waals surface area contributed by atoms with Crippen LogP contribution in [0.25, 0.3) is 87.0 Å². The Kier molecular flexibility index (Phi) is 3.04. The first-order valence-corrected chi connectivity index (χ1v) is 12.1. The second-order valence-electron chi connectivity index (χ2n) is 9.56. The van der Waals surface area contributed by atoms with E-state index < -0.39 is 0 Å². The van der Waals surface area contributed by atoms with Crippen molar-refractivity contribution in [3.63, 3.8) is 0 Å².